The number of nitriles is 1. The lowest BCUT2D eigenvalue weighted by Gasteiger charge is -2.31. The van der Waals surface area contributed by atoms with Gasteiger partial charge in [-0.15, -0.1) is 0 Å². The van der Waals surface area contributed by atoms with E-state index < -0.39 is 6.10 Å². The predicted octanol–water partition coefficient (Wildman–Crippen LogP) is 0.550. The van der Waals surface area contributed by atoms with E-state index in [0.717, 1.165) is 4.47 Å². The molecule has 2 rings (SSSR count). The first-order chi connectivity index (χ1) is 7.70. The number of anilines is 2. The van der Waals surface area contributed by atoms with Crippen molar-refractivity contribution in [3.63, 3.8) is 0 Å². The van der Waals surface area contributed by atoms with Gasteiger partial charge in [0.25, 0.3) is 0 Å². The third kappa shape index (κ3) is 2.23. The normalized spacial score (nSPS) is 20.5. The molecule has 0 bridgehead atoms. The fraction of sp³-hybridized carbons (Fsp3) is 0.444. The standard InChI is InChI=1S/C9H10BrN5O/c10-7-4-13-9(12)14-8(7)15-1-2-16-6(3-11)5-15/h4,6H,1-2,5H2,(H2,12,13,14). The van der Waals surface area contributed by atoms with E-state index in [0.29, 0.717) is 25.5 Å². The molecule has 7 heteroatoms. The van der Waals surface area contributed by atoms with Crippen LogP contribution in [0.3, 0.4) is 0 Å². The lowest BCUT2D eigenvalue weighted by atomic mass is 10.3. The maximum atomic E-state index is 8.81. The van der Waals surface area contributed by atoms with Crippen molar-refractivity contribution in [3.8, 4) is 6.07 Å². The van der Waals surface area contributed by atoms with Crippen molar-refractivity contribution < 1.29 is 4.74 Å². The Bertz CT molecular complexity index is 432. The number of rotatable bonds is 1. The molecule has 0 aromatic carbocycles. The fourth-order valence-electron chi connectivity index (χ4n) is 1.51. The average Bonchev–Trinajstić information content (AvgIpc) is 2.32. The van der Waals surface area contributed by atoms with Gasteiger partial charge in [0.15, 0.2) is 6.10 Å². The van der Waals surface area contributed by atoms with E-state index in [4.69, 9.17) is 15.7 Å². The van der Waals surface area contributed by atoms with E-state index in [2.05, 4.69) is 32.0 Å². The Labute approximate surface area is 101 Å². The highest BCUT2D eigenvalue weighted by atomic mass is 79.9. The van der Waals surface area contributed by atoms with Crippen molar-refractivity contribution in [2.24, 2.45) is 0 Å². The van der Waals surface area contributed by atoms with Gasteiger partial charge < -0.3 is 15.4 Å². The summed E-state index contributed by atoms with van der Waals surface area (Å²) < 4.78 is 6.02. The van der Waals surface area contributed by atoms with Crippen LogP contribution < -0.4 is 10.6 Å². The van der Waals surface area contributed by atoms with Crippen molar-refractivity contribution in [1.29, 1.82) is 5.26 Å². The topological polar surface area (TPSA) is 88.1 Å². The van der Waals surface area contributed by atoms with Crippen LogP contribution >= 0.6 is 15.9 Å². The van der Waals surface area contributed by atoms with Gasteiger partial charge >= 0.3 is 0 Å². The Hall–Kier alpha value is -1.39. The molecule has 2 heterocycles. The molecule has 1 aromatic heterocycles. The molecule has 2 N–H and O–H groups in total. The van der Waals surface area contributed by atoms with Crippen molar-refractivity contribution in [2.45, 2.75) is 6.10 Å². The SMILES string of the molecule is N#CC1CN(c2nc(N)ncc2Br)CCO1. The van der Waals surface area contributed by atoms with Crippen LogP contribution in [0.4, 0.5) is 11.8 Å². The van der Waals surface area contributed by atoms with E-state index in [1.165, 1.54) is 0 Å². The molecule has 1 aliphatic heterocycles. The van der Waals surface area contributed by atoms with Crippen LogP contribution in [0.1, 0.15) is 0 Å². The van der Waals surface area contributed by atoms with Gasteiger partial charge in [0.2, 0.25) is 5.95 Å². The highest BCUT2D eigenvalue weighted by Crippen LogP contribution is 2.25. The van der Waals surface area contributed by atoms with Crippen LogP contribution in [0.2, 0.25) is 0 Å². The molecule has 6 nitrogen and oxygen atoms in total. The molecule has 1 saturated heterocycles. The van der Waals surface area contributed by atoms with Gasteiger partial charge in [0.05, 0.1) is 23.7 Å². The van der Waals surface area contributed by atoms with Crippen molar-refractivity contribution in [3.05, 3.63) is 10.7 Å². The number of ether oxygens (including phenoxy) is 1. The van der Waals surface area contributed by atoms with E-state index >= 15 is 0 Å². The minimum absolute atomic E-state index is 0.221. The quantitative estimate of drug-likeness (QED) is 0.810. The lowest BCUT2D eigenvalue weighted by Crippen LogP contribution is -2.42. The molecule has 0 spiro atoms. The molecule has 84 valence electrons. The number of aromatic nitrogens is 2. The first-order valence-electron chi connectivity index (χ1n) is 4.75. The van der Waals surface area contributed by atoms with Crippen LogP contribution in [0.25, 0.3) is 0 Å². The average molecular weight is 284 g/mol. The zero-order chi connectivity index (χ0) is 11.5. The smallest absolute Gasteiger partial charge is 0.222 e. The number of nitrogen functional groups attached to an aromatic ring is 1. The molecule has 0 aliphatic carbocycles. The molecular formula is C9H10BrN5O. The maximum absolute atomic E-state index is 8.81. The number of halogens is 1. The summed E-state index contributed by atoms with van der Waals surface area (Å²) >= 11 is 3.36. The monoisotopic (exact) mass is 283 g/mol. The zero-order valence-electron chi connectivity index (χ0n) is 8.43. The van der Waals surface area contributed by atoms with Crippen LogP contribution in [-0.4, -0.2) is 35.8 Å². The number of nitrogens with zero attached hydrogens (tertiary/aromatic N) is 4. The zero-order valence-corrected chi connectivity index (χ0v) is 10.0. The second-order valence-electron chi connectivity index (χ2n) is 3.33. The first-order valence-corrected chi connectivity index (χ1v) is 5.54. The minimum atomic E-state index is -0.420. The second kappa shape index (κ2) is 4.63. The largest absolute Gasteiger partial charge is 0.368 e. The van der Waals surface area contributed by atoms with E-state index in [-0.39, 0.29) is 5.95 Å². The first kappa shape index (κ1) is 11.1. The Morgan fingerprint density at radius 2 is 2.50 bits per heavy atom. The number of hydrogen-bond donors (Lipinski definition) is 1. The summed E-state index contributed by atoms with van der Waals surface area (Å²) in [7, 11) is 0. The Kier molecular flexibility index (Phi) is 3.22. The Balaban J connectivity index is 2.23. The lowest BCUT2D eigenvalue weighted by molar-refractivity contribution is 0.0761. The number of hydrogen-bond acceptors (Lipinski definition) is 6. The number of nitrogens with two attached hydrogens (primary N) is 1. The number of morpholine rings is 1. The molecule has 16 heavy (non-hydrogen) atoms. The summed E-state index contributed by atoms with van der Waals surface area (Å²) in [5.74, 6) is 0.925. The Morgan fingerprint density at radius 1 is 1.69 bits per heavy atom. The van der Waals surface area contributed by atoms with Crippen molar-refractivity contribution in [2.75, 3.05) is 30.3 Å². The molecule has 1 atom stereocenters. The molecule has 1 aromatic rings. The summed E-state index contributed by atoms with van der Waals surface area (Å²) in [4.78, 5) is 9.97. The highest BCUT2D eigenvalue weighted by molar-refractivity contribution is 9.10. The van der Waals surface area contributed by atoms with Gasteiger partial charge in [0.1, 0.15) is 5.82 Å². The third-order valence-electron chi connectivity index (χ3n) is 2.25. The highest BCUT2D eigenvalue weighted by Gasteiger charge is 2.22. The van der Waals surface area contributed by atoms with E-state index in [9.17, 15) is 0 Å². The summed E-state index contributed by atoms with van der Waals surface area (Å²) in [5, 5.41) is 8.81. The van der Waals surface area contributed by atoms with Gasteiger partial charge in [-0.2, -0.15) is 10.2 Å². The summed E-state index contributed by atoms with van der Waals surface area (Å²) in [6, 6.07) is 2.08. The van der Waals surface area contributed by atoms with Gasteiger partial charge in [-0.1, -0.05) is 0 Å². The van der Waals surface area contributed by atoms with E-state index in [1.54, 1.807) is 6.20 Å². The predicted molar refractivity (Wildman–Crippen MR) is 61.7 cm³/mol. The van der Waals surface area contributed by atoms with Crippen molar-refractivity contribution in [1.82, 2.24) is 9.97 Å². The van der Waals surface area contributed by atoms with E-state index in [1.807, 2.05) is 4.90 Å². The minimum Gasteiger partial charge on any atom is -0.368 e. The summed E-state index contributed by atoms with van der Waals surface area (Å²) in [5.41, 5.74) is 5.54. The second-order valence-corrected chi connectivity index (χ2v) is 4.19. The third-order valence-corrected chi connectivity index (χ3v) is 2.81. The van der Waals surface area contributed by atoms with Gasteiger partial charge in [0, 0.05) is 12.7 Å². The molecular weight excluding hydrogens is 274 g/mol. The molecule has 0 amide bonds. The molecule has 1 unspecified atom stereocenters. The van der Waals surface area contributed by atoms with Crippen LogP contribution in [0.15, 0.2) is 10.7 Å². The van der Waals surface area contributed by atoms with Crippen LogP contribution in [0.5, 0.6) is 0 Å². The maximum Gasteiger partial charge on any atom is 0.222 e. The summed E-state index contributed by atoms with van der Waals surface area (Å²) in [6.07, 6.45) is 1.19. The summed E-state index contributed by atoms with van der Waals surface area (Å²) in [6.45, 7) is 1.69. The molecule has 1 fully saturated rings. The van der Waals surface area contributed by atoms with Crippen molar-refractivity contribution >= 4 is 27.7 Å². The molecule has 1 aliphatic rings. The fourth-order valence-corrected chi connectivity index (χ4v) is 1.95. The van der Waals surface area contributed by atoms with Gasteiger partial charge in [-0.25, -0.2) is 4.98 Å². The Morgan fingerprint density at radius 3 is 3.25 bits per heavy atom. The van der Waals surface area contributed by atoms with Gasteiger partial charge in [-0.3, -0.25) is 0 Å². The molecule has 0 radical (unpaired) electrons. The van der Waals surface area contributed by atoms with Crippen LogP contribution in [0, 0.1) is 11.3 Å². The van der Waals surface area contributed by atoms with Crippen LogP contribution in [-0.2, 0) is 4.74 Å². The molecule has 0 saturated carbocycles. The van der Waals surface area contributed by atoms with Gasteiger partial charge in [-0.05, 0) is 15.9 Å².